The van der Waals surface area contributed by atoms with Crippen molar-refractivity contribution in [2.45, 2.75) is 25.4 Å². The average Bonchev–Trinajstić information content (AvgIpc) is 3.18. The molecule has 1 saturated carbocycles. The maximum Gasteiger partial charge on any atom is 0.257 e. The topological polar surface area (TPSA) is 65.8 Å². The van der Waals surface area contributed by atoms with Crippen molar-refractivity contribution in [1.82, 2.24) is 10.2 Å². The second-order valence-electron chi connectivity index (χ2n) is 7.17. The van der Waals surface area contributed by atoms with Gasteiger partial charge in [-0.15, -0.1) is 0 Å². The van der Waals surface area contributed by atoms with Crippen LogP contribution in [0.15, 0.2) is 40.8 Å². The smallest absolute Gasteiger partial charge is 0.257 e. The van der Waals surface area contributed by atoms with E-state index in [1.807, 2.05) is 35.2 Å². The molecule has 0 saturated heterocycles. The maximum absolute atomic E-state index is 12.9. The van der Waals surface area contributed by atoms with E-state index in [0.717, 1.165) is 17.9 Å². The predicted octanol–water partition coefficient (Wildman–Crippen LogP) is 2.74. The number of nitrogens with zero attached hydrogens (tertiary/aromatic N) is 2. The zero-order valence-electron chi connectivity index (χ0n) is 15.2. The first kappa shape index (κ1) is 16.7. The van der Waals surface area contributed by atoms with Crippen LogP contribution >= 0.6 is 0 Å². The molecule has 26 heavy (non-hydrogen) atoms. The summed E-state index contributed by atoms with van der Waals surface area (Å²) in [5.41, 5.74) is 1.35. The van der Waals surface area contributed by atoms with Crippen LogP contribution in [0.2, 0.25) is 0 Å². The van der Waals surface area contributed by atoms with Crippen LogP contribution in [0, 0.1) is 5.92 Å². The third-order valence-electron chi connectivity index (χ3n) is 5.40. The normalized spacial score (nSPS) is 24.4. The molecule has 2 aromatic rings. The molecule has 2 aliphatic rings. The van der Waals surface area contributed by atoms with Gasteiger partial charge in [-0.25, -0.2) is 0 Å². The number of furan rings is 1. The molecule has 0 bridgehead atoms. The lowest BCUT2D eigenvalue weighted by Crippen LogP contribution is -2.50. The molecule has 1 aromatic carbocycles. The number of likely N-dealkylation sites (N-methyl/N-ethyl adjacent to an activating group) is 1. The Morgan fingerprint density at radius 3 is 2.62 bits per heavy atom. The molecule has 1 N–H and O–H groups in total. The first-order chi connectivity index (χ1) is 12.5. The minimum Gasteiger partial charge on any atom is -0.462 e. The van der Waals surface area contributed by atoms with Gasteiger partial charge in [0.2, 0.25) is 5.91 Å². The number of hydrogen-bond donors (Lipinski definition) is 1. The van der Waals surface area contributed by atoms with Gasteiger partial charge in [0.15, 0.2) is 6.17 Å². The Labute approximate surface area is 152 Å². The van der Waals surface area contributed by atoms with Gasteiger partial charge in [0.05, 0.1) is 17.8 Å². The van der Waals surface area contributed by atoms with E-state index in [-0.39, 0.29) is 18.4 Å². The average molecular weight is 353 g/mol. The lowest BCUT2D eigenvalue weighted by molar-refractivity contribution is -0.119. The molecule has 0 spiro atoms. The van der Waals surface area contributed by atoms with E-state index in [1.165, 1.54) is 0 Å². The molecule has 1 aliphatic carbocycles. The summed E-state index contributed by atoms with van der Waals surface area (Å²) in [6, 6.07) is 11.3. The van der Waals surface area contributed by atoms with E-state index >= 15 is 0 Å². The number of carbonyl (C=O) groups is 2. The van der Waals surface area contributed by atoms with Gasteiger partial charge in [-0.05, 0) is 36.6 Å². The summed E-state index contributed by atoms with van der Waals surface area (Å²) in [5.74, 6) is 2.57. The van der Waals surface area contributed by atoms with Crippen LogP contribution in [0.1, 0.15) is 47.3 Å². The summed E-state index contributed by atoms with van der Waals surface area (Å²) >= 11 is 0. The van der Waals surface area contributed by atoms with E-state index in [9.17, 15) is 9.59 Å². The highest BCUT2D eigenvalue weighted by Crippen LogP contribution is 2.48. The molecule has 2 amide bonds. The Morgan fingerprint density at radius 1 is 1.23 bits per heavy atom. The molecule has 0 radical (unpaired) electrons. The number of hydrogen-bond acceptors (Lipinski definition) is 4. The predicted molar refractivity (Wildman–Crippen MR) is 97.9 cm³/mol. The molecule has 1 fully saturated rings. The molecule has 6 nitrogen and oxygen atoms in total. The summed E-state index contributed by atoms with van der Waals surface area (Å²) in [7, 11) is 3.36. The molecule has 0 unspecified atom stereocenters. The van der Waals surface area contributed by atoms with Gasteiger partial charge in [0, 0.05) is 20.0 Å². The van der Waals surface area contributed by atoms with E-state index in [0.29, 0.717) is 23.2 Å². The molecule has 1 aliphatic heterocycles. The van der Waals surface area contributed by atoms with E-state index in [4.69, 9.17) is 4.42 Å². The van der Waals surface area contributed by atoms with Crippen LogP contribution in [-0.4, -0.2) is 37.4 Å². The van der Waals surface area contributed by atoms with Crippen molar-refractivity contribution in [3.05, 3.63) is 53.5 Å². The second kappa shape index (κ2) is 6.20. The Morgan fingerprint density at radius 2 is 1.92 bits per heavy atom. The maximum atomic E-state index is 12.9. The molecule has 4 rings (SSSR count). The quantitative estimate of drug-likeness (QED) is 0.918. The Kier molecular flexibility index (Phi) is 3.98. The van der Waals surface area contributed by atoms with Gasteiger partial charge >= 0.3 is 0 Å². The summed E-state index contributed by atoms with van der Waals surface area (Å²) in [5, 5.41) is 2.67. The van der Waals surface area contributed by atoms with Crippen LogP contribution < -0.4 is 10.2 Å². The highest BCUT2D eigenvalue weighted by atomic mass is 16.3. The van der Waals surface area contributed by atoms with Crippen LogP contribution in [0.25, 0.3) is 0 Å². The van der Waals surface area contributed by atoms with Crippen molar-refractivity contribution < 1.29 is 14.0 Å². The van der Waals surface area contributed by atoms with Crippen molar-refractivity contribution in [3.8, 4) is 0 Å². The van der Waals surface area contributed by atoms with Gasteiger partial charge in [-0.1, -0.05) is 19.1 Å². The number of amides is 2. The highest BCUT2D eigenvalue weighted by molar-refractivity contribution is 6.02. The van der Waals surface area contributed by atoms with Crippen LogP contribution in [0.5, 0.6) is 0 Å². The fourth-order valence-corrected chi connectivity index (χ4v) is 3.72. The molecule has 3 atom stereocenters. The van der Waals surface area contributed by atoms with Crippen molar-refractivity contribution in [2.75, 3.05) is 25.5 Å². The SMILES string of the molecule is CNC(=O)CN1c2ccccc2C(=O)N(C)[C@@H]1c1ccc([C@H]2C[C@H]2C)o1. The third-order valence-corrected chi connectivity index (χ3v) is 5.40. The number of nitrogens with one attached hydrogen (secondary N) is 1. The van der Waals surface area contributed by atoms with Gasteiger partial charge in [-0.3, -0.25) is 9.59 Å². The Bertz CT molecular complexity index is 859. The molecule has 6 heteroatoms. The number of rotatable bonds is 4. The largest absolute Gasteiger partial charge is 0.462 e. The molecular weight excluding hydrogens is 330 g/mol. The van der Waals surface area contributed by atoms with Crippen molar-refractivity contribution >= 4 is 17.5 Å². The molecule has 1 aromatic heterocycles. The number of anilines is 1. The number of benzene rings is 1. The van der Waals surface area contributed by atoms with Crippen LogP contribution in [-0.2, 0) is 4.79 Å². The Hall–Kier alpha value is -2.76. The number of para-hydroxylation sites is 1. The van der Waals surface area contributed by atoms with Crippen molar-refractivity contribution in [2.24, 2.45) is 5.92 Å². The van der Waals surface area contributed by atoms with E-state index in [2.05, 4.69) is 12.2 Å². The first-order valence-corrected chi connectivity index (χ1v) is 8.94. The molecule has 2 heterocycles. The summed E-state index contributed by atoms with van der Waals surface area (Å²) in [6.45, 7) is 2.35. The van der Waals surface area contributed by atoms with Gasteiger partial charge < -0.3 is 19.5 Å². The van der Waals surface area contributed by atoms with Crippen molar-refractivity contribution in [3.63, 3.8) is 0 Å². The van der Waals surface area contributed by atoms with Crippen molar-refractivity contribution in [1.29, 1.82) is 0 Å². The van der Waals surface area contributed by atoms with Gasteiger partial charge in [0.1, 0.15) is 11.5 Å². The number of carbonyl (C=O) groups excluding carboxylic acids is 2. The molecule has 136 valence electrons. The molecular formula is C20H23N3O3. The second-order valence-corrected chi connectivity index (χ2v) is 7.17. The lowest BCUT2D eigenvalue weighted by atomic mass is 10.0. The summed E-state index contributed by atoms with van der Waals surface area (Å²) in [4.78, 5) is 28.6. The summed E-state index contributed by atoms with van der Waals surface area (Å²) < 4.78 is 6.13. The van der Waals surface area contributed by atoms with Gasteiger partial charge in [-0.2, -0.15) is 0 Å². The first-order valence-electron chi connectivity index (χ1n) is 8.94. The number of fused-ring (bicyclic) bond motifs is 1. The van der Waals surface area contributed by atoms with Gasteiger partial charge in [0.25, 0.3) is 5.91 Å². The zero-order chi connectivity index (χ0) is 18.4. The zero-order valence-corrected chi connectivity index (χ0v) is 15.2. The lowest BCUT2D eigenvalue weighted by Gasteiger charge is -2.42. The monoisotopic (exact) mass is 353 g/mol. The summed E-state index contributed by atoms with van der Waals surface area (Å²) in [6.07, 6.45) is 0.689. The van der Waals surface area contributed by atoms with Crippen LogP contribution in [0.3, 0.4) is 0 Å². The van der Waals surface area contributed by atoms with E-state index in [1.54, 1.807) is 25.1 Å². The minimum atomic E-state index is -0.447. The third kappa shape index (κ3) is 2.66. The highest BCUT2D eigenvalue weighted by Gasteiger charge is 2.41. The minimum absolute atomic E-state index is 0.0727. The standard InChI is InChI=1S/C20H23N3O3/c1-12-10-14(12)16-8-9-17(26-16)19-22(3)20(25)13-6-4-5-7-15(13)23(19)11-18(24)21-2/h4-9,12,14,19H,10-11H2,1-3H3,(H,21,24)/t12-,14+,19+/m1/s1. The van der Waals surface area contributed by atoms with E-state index < -0.39 is 6.17 Å². The van der Waals surface area contributed by atoms with Crippen LogP contribution in [0.4, 0.5) is 5.69 Å². The Balaban J connectivity index is 1.76. The fraction of sp³-hybridized carbons (Fsp3) is 0.400. The fourth-order valence-electron chi connectivity index (χ4n) is 3.72.